The second kappa shape index (κ2) is 7.87. The Morgan fingerprint density at radius 3 is 2.32 bits per heavy atom. The van der Waals surface area contributed by atoms with Crippen LogP contribution in [0, 0.1) is 0 Å². The van der Waals surface area contributed by atoms with Gasteiger partial charge in [0.1, 0.15) is 5.75 Å². The third kappa shape index (κ3) is 4.79. The number of benzene rings is 2. The van der Waals surface area contributed by atoms with Crippen molar-refractivity contribution in [3.63, 3.8) is 0 Å². The number of methoxy groups -OCH3 is 1. The molecule has 0 fully saturated rings. The second-order valence-electron chi connectivity index (χ2n) is 4.37. The number of rotatable bonds is 5. The number of hydrogen-bond acceptors (Lipinski definition) is 5. The van der Waals surface area contributed by atoms with Crippen molar-refractivity contribution in [2.45, 2.75) is 11.8 Å². The summed E-state index contributed by atoms with van der Waals surface area (Å²) in [6.45, 7) is 1.48. The number of thioether (sulfide) groups is 1. The van der Waals surface area contributed by atoms with Crippen LogP contribution in [0.4, 0.5) is 5.69 Å². The molecule has 0 saturated carbocycles. The molecular weight excluding hydrogens is 320 g/mol. The summed E-state index contributed by atoms with van der Waals surface area (Å²) in [5, 5.41) is 5.20. The lowest BCUT2D eigenvalue weighted by atomic mass is 10.3. The first-order valence-corrected chi connectivity index (χ1v) is 7.70. The number of nitrogens with zero attached hydrogens (tertiary/aromatic N) is 1. The van der Waals surface area contributed by atoms with Crippen LogP contribution in [-0.2, 0) is 4.79 Å². The first-order valence-electron chi connectivity index (χ1n) is 6.50. The van der Waals surface area contributed by atoms with Crippen LogP contribution in [-0.4, -0.2) is 17.9 Å². The third-order valence-corrected chi connectivity index (χ3v) is 4.04. The summed E-state index contributed by atoms with van der Waals surface area (Å²) in [5.74, 6) is 0.651. The van der Waals surface area contributed by atoms with Crippen LogP contribution in [0.5, 0.6) is 5.75 Å². The van der Waals surface area contributed by atoms with E-state index in [2.05, 4.69) is 10.5 Å². The van der Waals surface area contributed by atoms with Crippen molar-refractivity contribution in [1.82, 2.24) is 0 Å². The highest BCUT2D eigenvalue weighted by Crippen LogP contribution is 2.23. The highest BCUT2D eigenvalue weighted by Gasteiger charge is 2.09. The molecule has 0 heterocycles. The van der Waals surface area contributed by atoms with Crippen LogP contribution < -0.4 is 10.2 Å². The van der Waals surface area contributed by atoms with Gasteiger partial charge in [-0.15, -0.1) is 0 Å². The average Bonchev–Trinajstić information content (AvgIpc) is 2.53. The van der Waals surface area contributed by atoms with Gasteiger partial charge >= 0.3 is 0 Å². The summed E-state index contributed by atoms with van der Waals surface area (Å²) in [5.41, 5.74) is 3.65. The number of Topliss-reactive ketones (excluding diaryl/α,β-unsaturated/α-hetero) is 1. The second-order valence-corrected chi connectivity index (χ2v) is 5.87. The zero-order valence-electron chi connectivity index (χ0n) is 12.2. The normalized spacial score (nSPS) is 11.1. The highest BCUT2D eigenvalue weighted by atomic mass is 35.5. The average molecular weight is 335 g/mol. The Morgan fingerprint density at radius 2 is 1.77 bits per heavy atom. The molecular formula is C16H15ClN2O2S. The Kier molecular flexibility index (Phi) is 5.86. The molecule has 0 aliphatic rings. The molecule has 114 valence electrons. The van der Waals surface area contributed by atoms with Gasteiger partial charge in [0, 0.05) is 16.8 Å². The molecule has 0 aliphatic heterocycles. The molecule has 2 aromatic carbocycles. The zero-order valence-corrected chi connectivity index (χ0v) is 13.7. The fraction of sp³-hybridized carbons (Fsp3) is 0.125. The van der Waals surface area contributed by atoms with E-state index in [0.717, 1.165) is 16.3 Å². The predicted octanol–water partition coefficient (Wildman–Crippen LogP) is 4.46. The Balaban J connectivity index is 2.09. The van der Waals surface area contributed by atoms with E-state index < -0.39 is 0 Å². The van der Waals surface area contributed by atoms with E-state index in [1.54, 1.807) is 19.2 Å². The minimum absolute atomic E-state index is 0.110. The minimum Gasteiger partial charge on any atom is -0.497 e. The van der Waals surface area contributed by atoms with Crippen molar-refractivity contribution >= 4 is 39.9 Å². The first-order chi connectivity index (χ1) is 10.6. The van der Waals surface area contributed by atoms with Crippen molar-refractivity contribution in [2.24, 2.45) is 5.10 Å². The molecule has 0 aromatic heterocycles. The molecule has 0 saturated heterocycles. The summed E-state index contributed by atoms with van der Waals surface area (Å²) in [6.07, 6.45) is 0. The number of halogens is 1. The molecule has 0 unspecified atom stereocenters. The van der Waals surface area contributed by atoms with E-state index in [4.69, 9.17) is 16.3 Å². The van der Waals surface area contributed by atoms with E-state index in [-0.39, 0.29) is 5.78 Å². The van der Waals surface area contributed by atoms with Gasteiger partial charge in [-0.3, -0.25) is 10.2 Å². The van der Waals surface area contributed by atoms with Gasteiger partial charge in [0.2, 0.25) is 0 Å². The van der Waals surface area contributed by atoms with Crippen LogP contribution in [0.1, 0.15) is 6.92 Å². The molecule has 1 N–H and O–H groups in total. The van der Waals surface area contributed by atoms with Gasteiger partial charge in [0.05, 0.1) is 12.8 Å². The SMILES string of the molecule is COc1ccc(NN=C(Sc2ccc(Cl)cc2)C(C)=O)cc1. The zero-order chi connectivity index (χ0) is 15.9. The molecule has 22 heavy (non-hydrogen) atoms. The number of carbonyl (C=O) groups is 1. The molecule has 0 amide bonds. The van der Waals surface area contributed by atoms with Crippen molar-refractivity contribution in [3.8, 4) is 5.75 Å². The number of ether oxygens (including phenoxy) is 1. The van der Waals surface area contributed by atoms with E-state index in [0.29, 0.717) is 10.1 Å². The molecule has 4 nitrogen and oxygen atoms in total. The van der Waals surface area contributed by atoms with E-state index >= 15 is 0 Å². The fourth-order valence-corrected chi connectivity index (χ4v) is 2.42. The van der Waals surface area contributed by atoms with Crippen LogP contribution >= 0.6 is 23.4 Å². The van der Waals surface area contributed by atoms with Gasteiger partial charge in [-0.25, -0.2) is 0 Å². The smallest absolute Gasteiger partial charge is 0.186 e. The van der Waals surface area contributed by atoms with Crippen molar-refractivity contribution in [2.75, 3.05) is 12.5 Å². The summed E-state index contributed by atoms with van der Waals surface area (Å²) in [4.78, 5) is 12.6. The van der Waals surface area contributed by atoms with Crippen molar-refractivity contribution in [1.29, 1.82) is 0 Å². The summed E-state index contributed by atoms with van der Waals surface area (Å²) < 4.78 is 5.09. The van der Waals surface area contributed by atoms with Gasteiger partial charge in [0.25, 0.3) is 0 Å². The van der Waals surface area contributed by atoms with E-state index in [9.17, 15) is 4.79 Å². The van der Waals surface area contributed by atoms with Gasteiger partial charge in [0.15, 0.2) is 10.8 Å². The number of carbonyl (C=O) groups excluding carboxylic acids is 1. The topological polar surface area (TPSA) is 50.7 Å². The van der Waals surface area contributed by atoms with E-state index in [1.165, 1.54) is 18.7 Å². The van der Waals surface area contributed by atoms with Crippen LogP contribution in [0.3, 0.4) is 0 Å². The lowest BCUT2D eigenvalue weighted by molar-refractivity contribution is -0.110. The Labute approximate surface area is 138 Å². The monoisotopic (exact) mass is 334 g/mol. The van der Waals surface area contributed by atoms with Crippen molar-refractivity contribution in [3.05, 3.63) is 53.6 Å². The number of nitrogens with one attached hydrogen (secondary N) is 1. The van der Waals surface area contributed by atoms with Crippen LogP contribution in [0.2, 0.25) is 5.02 Å². The maximum atomic E-state index is 11.7. The Morgan fingerprint density at radius 1 is 1.14 bits per heavy atom. The third-order valence-electron chi connectivity index (χ3n) is 2.71. The number of hydrazone groups is 1. The molecule has 0 aliphatic carbocycles. The summed E-state index contributed by atoms with van der Waals surface area (Å²) in [7, 11) is 1.61. The Bertz CT molecular complexity index is 670. The van der Waals surface area contributed by atoms with Crippen LogP contribution in [0.15, 0.2) is 58.5 Å². The van der Waals surface area contributed by atoms with Gasteiger partial charge in [-0.05, 0) is 48.5 Å². The largest absolute Gasteiger partial charge is 0.497 e. The highest BCUT2D eigenvalue weighted by molar-refractivity contribution is 8.15. The molecule has 2 aromatic rings. The fourth-order valence-electron chi connectivity index (χ4n) is 1.57. The maximum Gasteiger partial charge on any atom is 0.186 e. The quantitative estimate of drug-likeness (QED) is 0.380. The van der Waals surface area contributed by atoms with Gasteiger partial charge in [-0.1, -0.05) is 23.4 Å². The molecule has 2 rings (SSSR count). The number of hydrogen-bond donors (Lipinski definition) is 1. The number of ketones is 1. The first kappa shape index (κ1) is 16.4. The van der Waals surface area contributed by atoms with Crippen molar-refractivity contribution < 1.29 is 9.53 Å². The number of anilines is 1. The lowest BCUT2D eigenvalue weighted by Crippen LogP contribution is -2.08. The summed E-state index contributed by atoms with van der Waals surface area (Å²) in [6, 6.07) is 14.5. The molecule has 0 spiro atoms. The lowest BCUT2D eigenvalue weighted by Gasteiger charge is -2.06. The molecule has 0 atom stereocenters. The molecule has 6 heteroatoms. The van der Waals surface area contributed by atoms with Gasteiger partial charge < -0.3 is 4.74 Å². The standard InChI is InChI=1S/C16H15ClN2O2S/c1-11(20)16(22-15-9-3-12(17)4-10-15)19-18-13-5-7-14(21-2)8-6-13/h3-10,18H,1-2H3. The molecule has 0 bridgehead atoms. The Hall–Kier alpha value is -1.98. The van der Waals surface area contributed by atoms with E-state index in [1.807, 2.05) is 36.4 Å². The minimum atomic E-state index is -0.110. The summed E-state index contributed by atoms with van der Waals surface area (Å²) >= 11 is 7.13. The molecule has 0 radical (unpaired) electrons. The maximum absolute atomic E-state index is 11.7. The van der Waals surface area contributed by atoms with Gasteiger partial charge in [-0.2, -0.15) is 5.10 Å². The predicted molar refractivity (Wildman–Crippen MR) is 92.0 cm³/mol. The van der Waals surface area contributed by atoms with Crippen LogP contribution in [0.25, 0.3) is 0 Å².